The summed E-state index contributed by atoms with van der Waals surface area (Å²) in [5, 5.41) is 6.25. The third kappa shape index (κ3) is 3.58. The maximum absolute atomic E-state index is 11.7. The molecule has 0 amide bonds. The molecule has 1 heterocycles. The van der Waals surface area contributed by atoms with Crippen molar-refractivity contribution in [3.8, 4) is 0 Å². The molecule has 0 radical (unpaired) electrons. The lowest BCUT2D eigenvalue weighted by molar-refractivity contribution is 0.0834. The fraction of sp³-hybridized carbons (Fsp3) is 0.667. The first kappa shape index (κ1) is 13.1. The van der Waals surface area contributed by atoms with E-state index in [0.717, 1.165) is 0 Å². The van der Waals surface area contributed by atoms with Gasteiger partial charge in [0.05, 0.1) is 24.6 Å². The van der Waals surface area contributed by atoms with Crippen LogP contribution in [0.5, 0.6) is 0 Å². The highest BCUT2D eigenvalue weighted by Gasteiger charge is 2.17. The maximum atomic E-state index is 11.7. The van der Waals surface area contributed by atoms with Crippen molar-refractivity contribution in [3.05, 3.63) is 11.9 Å². The van der Waals surface area contributed by atoms with E-state index in [1.165, 1.54) is 6.20 Å². The van der Waals surface area contributed by atoms with Gasteiger partial charge in [-0.05, 0) is 20.8 Å². The molecule has 1 aromatic heterocycles. The van der Waals surface area contributed by atoms with E-state index in [9.17, 15) is 8.42 Å². The Hall–Kier alpha value is -0.920. The summed E-state index contributed by atoms with van der Waals surface area (Å²) in [6, 6.07) is 0. The minimum absolute atomic E-state index is 0.0974. The molecule has 0 saturated heterocycles. The van der Waals surface area contributed by atoms with E-state index in [1.54, 1.807) is 6.92 Å². The van der Waals surface area contributed by atoms with E-state index >= 15 is 0 Å². The van der Waals surface area contributed by atoms with Gasteiger partial charge in [-0.2, -0.15) is 5.10 Å². The van der Waals surface area contributed by atoms with E-state index in [0.29, 0.717) is 12.3 Å². The monoisotopic (exact) mass is 247 g/mol. The molecule has 0 aliphatic carbocycles. The second-order valence-corrected chi connectivity index (χ2v) is 5.41. The van der Waals surface area contributed by atoms with E-state index in [2.05, 4.69) is 14.9 Å². The molecule has 0 unspecified atom stereocenters. The van der Waals surface area contributed by atoms with Crippen LogP contribution in [0.1, 0.15) is 19.5 Å². The lowest BCUT2D eigenvalue weighted by Crippen LogP contribution is -2.28. The van der Waals surface area contributed by atoms with E-state index in [4.69, 9.17) is 4.74 Å². The van der Waals surface area contributed by atoms with Crippen molar-refractivity contribution >= 4 is 10.0 Å². The van der Waals surface area contributed by atoms with Gasteiger partial charge in [0.2, 0.25) is 10.0 Å². The number of hydrogen-bond acceptors (Lipinski definition) is 4. The minimum atomic E-state index is -3.47. The van der Waals surface area contributed by atoms with Gasteiger partial charge < -0.3 is 4.74 Å². The predicted octanol–water partition coefficient (Wildman–Crippen LogP) is 0.421. The van der Waals surface area contributed by atoms with Gasteiger partial charge in [-0.1, -0.05) is 0 Å². The summed E-state index contributed by atoms with van der Waals surface area (Å²) >= 11 is 0. The summed E-state index contributed by atoms with van der Waals surface area (Å²) in [5.41, 5.74) is 0.525. The topological polar surface area (TPSA) is 84.1 Å². The highest BCUT2D eigenvalue weighted by atomic mass is 32.2. The van der Waals surface area contributed by atoms with Crippen molar-refractivity contribution in [1.82, 2.24) is 14.9 Å². The third-order valence-corrected chi connectivity index (χ3v) is 3.49. The Kier molecular flexibility index (Phi) is 4.45. The number of ether oxygens (including phenoxy) is 1. The number of aromatic nitrogens is 2. The van der Waals surface area contributed by atoms with Crippen molar-refractivity contribution in [1.29, 1.82) is 0 Å². The Morgan fingerprint density at radius 3 is 2.75 bits per heavy atom. The van der Waals surface area contributed by atoms with E-state index in [-0.39, 0.29) is 17.5 Å². The van der Waals surface area contributed by atoms with Crippen molar-refractivity contribution in [2.75, 3.05) is 13.2 Å². The average molecular weight is 247 g/mol. The number of aryl methyl sites for hydroxylation is 1. The Labute approximate surface area is 95.4 Å². The Morgan fingerprint density at radius 2 is 2.25 bits per heavy atom. The van der Waals surface area contributed by atoms with Gasteiger partial charge in [0.1, 0.15) is 4.90 Å². The number of rotatable bonds is 6. The van der Waals surface area contributed by atoms with E-state index in [1.807, 2.05) is 13.8 Å². The van der Waals surface area contributed by atoms with Gasteiger partial charge in [-0.25, -0.2) is 13.1 Å². The number of aromatic amines is 1. The van der Waals surface area contributed by atoms with Crippen LogP contribution < -0.4 is 4.72 Å². The first-order chi connectivity index (χ1) is 7.43. The third-order valence-electron chi connectivity index (χ3n) is 1.92. The fourth-order valence-corrected chi connectivity index (χ4v) is 2.31. The molecule has 0 aliphatic heterocycles. The van der Waals surface area contributed by atoms with Crippen LogP contribution in [0.25, 0.3) is 0 Å². The number of nitrogens with one attached hydrogen (secondary N) is 2. The van der Waals surface area contributed by atoms with Gasteiger partial charge in [0, 0.05) is 6.54 Å². The molecule has 0 fully saturated rings. The maximum Gasteiger partial charge on any atom is 0.244 e. The van der Waals surface area contributed by atoms with Gasteiger partial charge in [-0.15, -0.1) is 0 Å². The second-order valence-electron chi connectivity index (χ2n) is 3.68. The summed E-state index contributed by atoms with van der Waals surface area (Å²) in [5.74, 6) is 0. The lowest BCUT2D eigenvalue weighted by Gasteiger charge is -2.08. The van der Waals surface area contributed by atoms with Crippen molar-refractivity contribution in [2.45, 2.75) is 31.8 Å². The molecule has 16 heavy (non-hydrogen) atoms. The number of nitrogens with zero attached hydrogens (tertiary/aromatic N) is 1. The van der Waals surface area contributed by atoms with Crippen LogP contribution in [0.2, 0.25) is 0 Å². The summed E-state index contributed by atoms with van der Waals surface area (Å²) < 4.78 is 31.1. The zero-order valence-electron chi connectivity index (χ0n) is 9.65. The number of sulfonamides is 1. The highest BCUT2D eigenvalue weighted by Crippen LogP contribution is 2.09. The molecule has 7 heteroatoms. The minimum Gasteiger partial charge on any atom is -0.377 e. The molecule has 0 spiro atoms. The van der Waals surface area contributed by atoms with Crippen LogP contribution in [-0.2, 0) is 14.8 Å². The van der Waals surface area contributed by atoms with Crippen molar-refractivity contribution in [3.63, 3.8) is 0 Å². The standard InChI is InChI=1S/C9H17N3O3S/c1-7(2)15-5-4-11-16(13,14)9-6-10-12-8(9)3/h6-7,11H,4-5H2,1-3H3,(H,10,12). The van der Waals surface area contributed by atoms with E-state index < -0.39 is 10.0 Å². The molecule has 0 atom stereocenters. The number of H-pyrrole nitrogens is 1. The molecule has 0 saturated carbocycles. The van der Waals surface area contributed by atoms with Crippen LogP contribution in [0.3, 0.4) is 0 Å². The molecule has 0 bridgehead atoms. The van der Waals surface area contributed by atoms with Crippen LogP contribution in [-0.4, -0.2) is 37.9 Å². The smallest absolute Gasteiger partial charge is 0.244 e. The zero-order chi connectivity index (χ0) is 12.2. The van der Waals surface area contributed by atoms with Crippen molar-refractivity contribution < 1.29 is 13.2 Å². The number of hydrogen-bond donors (Lipinski definition) is 2. The van der Waals surface area contributed by atoms with Gasteiger partial charge >= 0.3 is 0 Å². The first-order valence-electron chi connectivity index (χ1n) is 5.04. The van der Waals surface area contributed by atoms with Crippen LogP contribution in [0, 0.1) is 6.92 Å². The molecule has 0 aliphatic rings. The molecular weight excluding hydrogens is 230 g/mol. The van der Waals surface area contributed by atoms with Gasteiger partial charge in [-0.3, -0.25) is 5.10 Å². The SMILES string of the molecule is Cc1[nH]ncc1S(=O)(=O)NCCOC(C)C. The lowest BCUT2D eigenvalue weighted by atomic mass is 10.5. The quantitative estimate of drug-likeness (QED) is 0.714. The summed E-state index contributed by atoms with van der Waals surface area (Å²) in [7, 11) is -3.47. The molecule has 0 aromatic carbocycles. The zero-order valence-corrected chi connectivity index (χ0v) is 10.5. The van der Waals surface area contributed by atoms with Crippen LogP contribution >= 0.6 is 0 Å². The Morgan fingerprint density at radius 1 is 1.56 bits per heavy atom. The van der Waals surface area contributed by atoms with Crippen molar-refractivity contribution in [2.24, 2.45) is 0 Å². The van der Waals surface area contributed by atoms with Crippen LogP contribution in [0.4, 0.5) is 0 Å². The Balaban J connectivity index is 2.51. The molecule has 92 valence electrons. The molecule has 1 rings (SSSR count). The molecule has 2 N–H and O–H groups in total. The average Bonchev–Trinajstić information content (AvgIpc) is 2.59. The highest BCUT2D eigenvalue weighted by molar-refractivity contribution is 7.89. The second kappa shape index (κ2) is 5.42. The predicted molar refractivity (Wildman–Crippen MR) is 59.6 cm³/mol. The summed E-state index contributed by atoms with van der Waals surface area (Å²) in [6.07, 6.45) is 1.39. The summed E-state index contributed by atoms with van der Waals surface area (Å²) in [4.78, 5) is 0.178. The van der Waals surface area contributed by atoms with Crippen LogP contribution in [0.15, 0.2) is 11.1 Å². The molecular formula is C9H17N3O3S. The molecule has 6 nitrogen and oxygen atoms in total. The normalized spacial score (nSPS) is 12.2. The fourth-order valence-electron chi connectivity index (χ4n) is 1.16. The largest absolute Gasteiger partial charge is 0.377 e. The summed E-state index contributed by atoms with van der Waals surface area (Å²) in [6.45, 7) is 6.06. The Bertz CT molecular complexity index is 425. The van der Waals surface area contributed by atoms with Gasteiger partial charge in [0.15, 0.2) is 0 Å². The molecule has 1 aromatic rings. The van der Waals surface area contributed by atoms with Gasteiger partial charge in [0.25, 0.3) is 0 Å². The first-order valence-corrected chi connectivity index (χ1v) is 6.53.